The van der Waals surface area contributed by atoms with Crippen molar-refractivity contribution in [3.8, 4) is 0 Å². The maximum Gasteiger partial charge on any atom is 0.314 e. The standard InChI is InChI=1S/C17H27N3O2/c1-3-15(21)8-9-18-17(22)19-10-11-20-13(2)12-14-6-4-5-7-16(14)20/h4-7,13,15,21H,3,8-12H2,1-2H3,(H2,18,19,22). The molecule has 1 heterocycles. The second-order valence-electron chi connectivity index (χ2n) is 5.91. The normalized spacial score (nSPS) is 18.0. The zero-order valence-corrected chi connectivity index (χ0v) is 13.5. The summed E-state index contributed by atoms with van der Waals surface area (Å²) in [4.78, 5) is 14.0. The van der Waals surface area contributed by atoms with Gasteiger partial charge in [0.2, 0.25) is 0 Å². The molecular formula is C17H27N3O2. The first-order valence-corrected chi connectivity index (χ1v) is 8.16. The van der Waals surface area contributed by atoms with E-state index in [0.29, 0.717) is 25.6 Å². The highest BCUT2D eigenvalue weighted by atomic mass is 16.3. The lowest BCUT2D eigenvalue weighted by Gasteiger charge is -2.25. The molecule has 0 aromatic heterocycles. The largest absolute Gasteiger partial charge is 0.393 e. The summed E-state index contributed by atoms with van der Waals surface area (Å²) in [6.07, 6.45) is 2.05. The molecule has 1 aromatic rings. The lowest BCUT2D eigenvalue weighted by molar-refractivity contribution is 0.160. The van der Waals surface area contributed by atoms with E-state index in [0.717, 1.165) is 19.4 Å². The van der Waals surface area contributed by atoms with E-state index in [-0.39, 0.29) is 12.1 Å². The van der Waals surface area contributed by atoms with Crippen molar-refractivity contribution in [3.63, 3.8) is 0 Å². The van der Waals surface area contributed by atoms with Crippen molar-refractivity contribution in [1.82, 2.24) is 10.6 Å². The van der Waals surface area contributed by atoms with Gasteiger partial charge in [0, 0.05) is 31.4 Å². The molecule has 5 heteroatoms. The number of hydrogen-bond donors (Lipinski definition) is 3. The Hall–Kier alpha value is -1.75. The SMILES string of the molecule is CCC(O)CCNC(=O)NCCN1c2ccccc2CC1C. The second-order valence-corrected chi connectivity index (χ2v) is 5.91. The number of urea groups is 1. The van der Waals surface area contributed by atoms with Gasteiger partial charge in [-0.2, -0.15) is 0 Å². The smallest absolute Gasteiger partial charge is 0.314 e. The number of aliphatic hydroxyl groups excluding tert-OH is 1. The van der Waals surface area contributed by atoms with Crippen LogP contribution >= 0.6 is 0 Å². The number of rotatable bonds is 7. The Morgan fingerprint density at radius 2 is 2.09 bits per heavy atom. The summed E-state index contributed by atoms with van der Waals surface area (Å²) in [5, 5.41) is 15.1. The number of nitrogens with one attached hydrogen (secondary N) is 2. The first-order valence-electron chi connectivity index (χ1n) is 8.16. The monoisotopic (exact) mass is 305 g/mol. The van der Waals surface area contributed by atoms with Crippen LogP contribution in [0.5, 0.6) is 0 Å². The zero-order valence-electron chi connectivity index (χ0n) is 13.5. The van der Waals surface area contributed by atoms with Crippen LogP contribution < -0.4 is 15.5 Å². The maximum absolute atomic E-state index is 11.7. The van der Waals surface area contributed by atoms with E-state index in [2.05, 4.69) is 46.7 Å². The molecular weight excluding hydrogens is 278 g/mol. The van der Waals surface area contributed by atoms with Gasteiger partial charge in [-0.1, -0.05) is 25.1 Å². The molecule has 2 rings (SSSR count). The fraction of sp³-hybridized carbons (Fsp3) is 0.588. The van der Waals surface area contributed by atoms with Gasteiger partial charge in [0.15, 0.2) is 0 Å². The topological polar surface area (TPSA) is 64.6 Å². The predicted molar refractivity (Wildman–Crippen MR) is 89.3 cm³/mol. The molecule has 1 aliphatic heterocycles. The van der Waals surface area contributed by atoms with E-state index in [1.54, 1.807) is 0 Å². The van der Waals surface area contributed by atoms with Gasteiger partial charge >= 0.3 is 6.03 Å². The molecule has 1 aromatic carbocycles. The Balaban J connectivity index is 1.69. The van der Waals surface area contributed by atoms with Gasteiger partial charge in [-0.3, -0.25) is 0 Å². The van der Waals surface area contributed by atoms with Crippen LogP contribution in [0.1, 0.15) is 32.3 Å². The van der Waals surface area contributed by atoms with Crippen LogP contribution in [0.4, 0.5) is 10.5 Å². The number of aliphatic hydroxyl groups is 1. The van der Waals surface area contributed by atoms with Crippen LogP contribution in [-0.2, 0) is 6.42 Å². The highest BCUT2D eigenvalue weighted by molar-refractivity contribution is 5.73. The maximum atomic E-state index is 11.7. The van der Waals surface area contributed by atoms with E-state index in [4.69, 9.17) is 0 Å². The van der Waals surface area contributed by atoms with Gasteiger partial charge in [-0.05, 0) is 37.8 Å². The van der Waals surface area contributed by atoms with Crippen molar-refractivity contribution >= 4 is 11.7 Å². The molecule has 2 atom stereocenters. The third kappa shape index (κ3) is 4.37. The number of carbonyl (C=O) groups is 1. The molecule has 0 spiro atoms. The Bertz CT molecular complexity index is 493. The van der Waals surface area contributed by atoms with E-state index in [1.807, 2.05) is 6.92 Å². The molecule has 5 nitrogen and oxygen atoms in total. The van der Waals surface area contributed by atoms with Crippen molar-refractivity contribution in [3.05, 3.63) is 29.8 Å². The lowest BCUT2D eigenvalue weighted by atomic mass is 10.1. The van der Waals surface area contributed by atoms with E-state index in [9.17, 15) is 9.90 Å². The van der Waals surface area contributed by atoms with Crippen molar-refractivity contribution in [2.75, 3.05) is 24.5 Å². The molecule has 3 N–H and O–H groups in total. The summed E-state index contributed by atoms with van der Waals surface area (Å²) in [5.41, 5.74) is 2.66. The number of nitrogens with zero attached hydrogens (tertiary/aromatic N) is 1. The van der Waals surface area contributed by atoms with Crippen LogP contribution in [0.15, 0.2) is 24.3 Å². The molecule has 0 radical (unpaired) electrons. The van der Waals surface area contributed by atoms with Gasteiger partial charge in [-0.15, -0.1) is 0 Å². The predicted octanol–water partition coefficient (Wildman–Crippen LogP) is 1.90. The van der Waals surface area contributed by atoms with Crippen LogP contribution in [-0.4, -0.2) is 42.9 Å². The van der Waals surface area contributed by atoms with Crippen molar-refractivity contribution < 1.29 is 9.90 Å². The average Bonchev–Trinajstić information content (AvgIpc) is 2.83. The molecule has 2 unspecified atom stereocenters. The summed E-state index contributed by atoms with van der Waals surface area (Å²) in [6, 6.07) is 8.76. The number of hydrogen-bond acceptors (Lipinski definition) is 3. The van der Waals surface area contributed by atoms with Crippen molar-refractivity contribution in [1.29, 1.82) is 0 Å². The summed E-state index contributed by atoms with van der Waals surface area (Å²) in [5.74, 6) is 0. The molecule has 22 heavy (non-hydrogen) atoms. The lowest BCUT2D eigenvalue weighted by Crippen LogP contribution is -2.42. The number of anilines is 1. The second kappa shape index (κ2) is 8.03. The first kappa shape index (κ1) is 16.6. The Labute approximate surface area is 132 Å². The highest BCUT2D eigenvalue weighted by Gasteiger charge is 2.24. The van der Waals surface area contributed by atoms with Crippen molar-refractivity contribution in [2.24, 2.45) is 0 Å². The minimum Gasteiger partial charge on any atom is -0.393 e. The minimum atomic E-state index is -0.331. The number of fused-ring (bicyclic) bond motifs is 1. The number of benzene rings is 1. The average molecular weight is 305 g/mol. The molecule has 0 bridgehead atoms. The van der Waals surface area contributed by atoms with E-state index >= 15 is 0 Å². The van der Waals surface area contributed by atoms with Crippen molar-refractivity contribution in [2.45, 2.75) is 45.3 Å². The zero-order chi connectivity index (χ0) is 15.9. The molecule has 0 fully saturated rings. The minimum absolute atomic E-state index is 0.163. The third-order valence-corrected chi connectivity index (χ3v) is 4.22. The number of amides is 2. The van der Waals surface area contributed by atoms with Gasteiger partial charge in [-0.25, -0.2) is 4.79 Å². The third-order valence-electron chi connectivity index (χ3n) is 4.22. The molecule has 2 amide bonds. The van der Waals surface area contributed by atoms with E-state index < -0.39 is 0 Å². The molecule has 0 aliphatic carbocycles. The number of para-hydroxylation sites is 1. The van der Waals surface area contributed by atoms with Crippen LogP contribution in [0.25, 0.3) is 0 Å². The molecule has 122 valence electrons. The number of carbonyl (C=O) groups excluding carboxylic acids is 1. The summed E-state index contributed by atoms with van der Waals surface area (Å²) in [7, 11) is 0. The molecule has 1 aliphatic rings. The van der Waals surface area contributed by atoms with Gasteiger partial charge in [0.1, 0.15) is 0 Å². The Morgan fingerprint density at radius 1 is 1.36 bits per heavy atom. The van der Waals surface area contributed by atoms with Crippen LogP contribution in [0, 0.1) is 0 Å². The molecule has 0 saturated heterocycles. The van der Waals surface area contributed by atoms with Crippen LogP contribution in [0.2, 0.25) is 0 Å². The first-order chi connectivity index (χ1) is 10.6. The fourth-order valence-corrected chi connectivity index (χ4v) is 2.88. The van der Waals surface area contributed by atoms with Gasteiger partial charge < -0.3 is 20.6 Å². The van der Waals surface area contributed by atoms with Crippen LogP contribution in [0.3, 0.4) is 0 Å². The summed E-state index contributed by atoms with van der Waals surface area (Å²) in [6.45, 7) is 6.07. The quantitative estimate of drug-likeness (QED) is 0.721. The molecule has 0 saturated carbocycles. The van der Waals surface area contributed by atoms with Gasteiger partial charge in [0.05, 0.1) is 6.10 Å². The van der Waals surface area contributed by atoms with E-state index in [1.165, 1.54) is 11.3 Å². The fourth-order valence-electron chi connectivity index (χ4n) is 2.88. The van der Waals surface area contributed by atoms with Gasteiger partial charge in [0.25, 0.3) is 0 Å². The Morgan fingerprint density at radius 3 is 2.86 bits per heavy atom. The highest BCUT2D eigenvalue weighted by Crippen LogP contribution is 2.30. The Kier molecular flexibility index (Phi) is 6.07. The summed E-state index contributed by atoms with van der Waals surface area (Å²) >= 11 is 0. The summed E-state index contributed by atoms with van der Waals surface area (Å²) < 4.78 is 0.